The normalized spacial score (nSPS) is 22.3. The molecule has 2 N–H and O–H groups in total. The van der Waals surface area contributed by atoms with E-state index in [1.807, 2.05) is 18.7 Å². The van der Waals surface area contributed by atoms with Crippen LogP contribution in [-0.2, 0) is 11.3 Å². The molecule has 23 heavy (non-hydrogen) atoms. The number of carbonyl (C=O) groups is 1. The summed E-state index contributed by atoms with van der Waals surface area (Å²) < 4.78 is 5.65. The van der Waals surface area contributed by atoms with E-state index in [2.05, 4.69) is 9.88 Å². The summed E-state index contributed by atoms with van der Waals surface area (Å²) in [6.45, 7) is 7.80. The average molecular weight is 320 g/mol. The highest BCUT2D eigenvalue weighted by Crippen LogP contribution is 2.28. The molecule has 0 bridgehead atoms. The zero-order chi connectivity index (χ0) is 16.4. The summed E-state index contributed by atoms with van der Waals surface area (Å²) in [5, 5.41) is 0. The van der Waals surface area contributed by atoms with Gasteiger partial charge in [-0.2, -0.15) is 0 Å². The van der Waals surface area contributed by atoms with E-state index in [0.717, 1.165) is 69.2 Å². The van der Waals surface area contributed by atoms with Gasteiger partial charge in [-0.1, -0.05) is 19.3 Å². The molecule has 6 heteroatoms. The molecule has 1 saturated heterocycles. The first-order valence-corrected chi connectivity index (χ1v) is 8.71. The van der Waals surface area contributed by atoms with Crippen molar-refractivity contribution in [2.24, 2.45) is 5.73 Å². The standard InChI is InChI=1S/C17H28N4O2/c1-13-14(2)23-15(19-13)12-20-8-10-21(11-9-20)16(22)17(18)6-4-3-5-7-17/h3-12,18H2,1-2H3. The number of carbonyl (C=O) groups excluding carboxylic acids is 1. The first kappa shape index (κ1) is 16.5. The molecule has 2 fully saturated rings. The predicted molar refractivity (Wildman–Crippen MR) is 87.8 cm³/mol. The third-order valence-electron chi connectivity index (χ3n) is 5.26. The van der Waals surface area contributed by atoms with Crippen molar-refractivity contribution in [3.8, 4) is 0 Å². The molecule has 1 saturated carbocycles. The number of hydrogen-bond acceptors (Lipinski definition) is 5. The lowest BCUT2D eigenvalue weighted by Crippen LogP contribution is -2.60. The number of nitrogens with two attached hydrogens (primary N) is 1. The lowest BCUT2D eigenvalue weighted by molar-refractivity contribution is -0.140. The quantitative estimate of drug-likeness (QED) is 0.915. The molecule has 0 unspecified atom stereocenters. The summed E-state index contributed by atoms with van der Waals surface area (Å²) >= 11 is 0. The number of hydrogen-bond donors (Lipinski definition) is 1. The Bertz CT molecular complexity index is 535. The van der Waals surface area contributed by atoms with Gasteiger partial charge in [0.25, 0.3) is 0 Å². The smallest absolute Gasteiger partial charge is 0.242 e. The molecule has 1 aromatic heterocycles. The maximum Gasteiger partial charge on any atom is 0.242 e. The van der Waals surface area contributed by atoms with Gasteiger partial charge in [0.15, 0.2) is 0 Å². The van der Waals surface area contributed by atoms with Gasteiger partial charge in [-0.05, 0) is 26.7 Å². The number of amides is 1. The Morgan fingerprint density at radius 1 is 1.17 bits per heavy atom. The van der Waals surface area contributed by atoms with Gasteiger partial charge in [0, 0.05) is 26.2 Å². The van der Waals surface area contributed by atoms with Gasteiger partial charge >= 0.3 is 0 Å². The lowest BCUT2D eigenvalue weighted by atomic mass is 9.81. The van der Waals surface area contributed by atoms with Crippen LogP contribution in [0.15, 0.2) is 4.42 Å². The van der Waals surface area contributed by atoms with Crippen LogP contribution in [0.25, 0.3) is 0 Å². The highest BCUT2D eigenvalue weighted by Gasteiger charge is 2.39. The van der Waals surface area contributed by atoms with Crippen LogP contribution < -0.4 is 5.73 Å². The van der Waals surface area contributed by atoms with Crippen LogP contribution in [0.2, 0.25) is 0 Å². The molecule has 0 aromatic carbocycles. The minimum atomic E-state index is -0.614. The summed E-state index contributed by atoms with van der Waals surface area (Å²) in [4.78, 5) is 21.4. The van der Waals surface area contributed by atoms with Crippen molar-refractivity contribution in [1.82, 2.24) is 14.8 Å². The van der Waals surface area contributed by atoms with E-state index < -0.39 is 5.54 Å². The molecular formula is C17H28N4O2. The van der Waals surface area contributed by atoms with Gasteiger partial charge in [0.1, 0.15) is 5.76 Å². The summed E-state index contributed by atoms with van der Waals surface area (Å²) in [6, 6.07) is 0. The molecule has 1 aliphatic carbocycles. The minimum Gasteiger partial charge on any atom is -0.444 e. The van der Waals surface area contributed by atoms with Crippen molar-refractivity contribution in [1.29, 1.82) is 0 Å². The van der Waals surface area contributed by atoms with Crippen LogP contribution in [0.3, 0.4) is 0 Å². The van der Waals surface area contributed by atoms with Crippen molar-refractivity contribution >= 4 is 5.91 Å². The topological polar surface area (TPSA) is 75.6 Å². The number of rotatable bonds is 3. The Morgan fingerprint density at radius 3 is 2.39 bits per heavy atom. The van der Waals surface area contributed by atoms with E-state index in [-0.39, 0.29) is 5.91 Å². The number of aromatic nitrogens is 1. The van der Waals surface area contributed by atoms with Gasteiger partial charge in [-0.25, -0.2) is 4.98 Å². The second kappa shape index (κ2) is 6.61. The van der Waals surface area contributed by atoms with Crippen molar-refractivity contribution in [2.45, 2.75) is 58.0 Å². The molecule has 128 valence electrons. The predicted octanol–water partition coefficient (Wildman–Crippen LogP) is 1.60. The second-order valence-corrected chi connectivity index (χ2v) is 7.03. The Kier molecular flexibility index (Phi) is 4.73. The van der Waals surface area contributed by atoms with Gasteiger partial charge in [-0.15, -0.1) is 0 Å². The highest BCUT2D eigenvalue weighted by atomic mass is 16.4. The van der Waals surface area contributed by atoms with Crippen LogP contribution in [0.5, 0.6) is 0 Å². The largest absolute Gasteiger partial charge is 0.444 e. The Balaban J connectivity index is 1.52. The Labute approximate surface area is 138 Å². The van der Waals surface area contributed by atoms with E-state index >= 15 is 0 Å². The van der Waals surface area contributed by atoms with Gasteiger partial charge in [0.05, 0.1) is 17.8 Å². The molecule has 1 aliphatic heterocycles. The van der Waals surface area contributed by atoms with E-state index in [4.69, 9.17) is 10.2 Å². The van der Waals surface area contributed by atoms with E-state index in [1.165, 1.54) is 6.42 Å². The molecule has 2 heterocycles. The van der Waals surface area contributed by atoms with Crippen LogP contribution >= 0.6 is 0 Å². The van der Waals surface area contributed by atoms with Gasteiger partial charge in [-0.3, -0.25) is 9.69 Å². The molecule has 2 aliphatic rings. The zero-order valence-electron chi connectivity index (χ0n) is 14.3. The second-order valence-electron chi connectivity index (χ2n) is 7.03. The maximum atomic E-state index is 12.7. The van der Waals surface area contributed by atoms with Crippen molar-refractivity contribution in [3.63, 3.8) is 0 Å². The third kappa shape index (κ3) is 3.58. The maximum absolute atomic E-state index is 12.7. The van der Waals surface area contributed by atoms with E-state index in [0.29, 0.717) is 6.54 Å². The third-order valence-corrected chi connectivity index (χ3v) is 5.26. The summed E-state index contributed by atoms with van der Waals surface area (Å²) in [7, 11) is 0. The van der Waals surface area contributed by atoms with Gasteiger partial charge in [0.2, 0.25) is 11.8 Å². The Hall–Kier alpha value is -1.40. The van der Waals surface area contributed by atoms with Crippen LogP contribution in [-0.4, -0.2) is 52.4 Å². The SMILES string of the molecule is Cc1nc(CN2CCN(C(=O)C3(N)CCCCC3)CC2)oc1C. The number of piperazine rings is 1. The minimum absolute atomic E-state index is 0.152. The lowest BCUT2D eigenvalue weighted by Gasteiger charge is -2.40. The van der Waals surface area contributed by atoms with Crippen molar-refractivity contribution in [2.75, 3.05) is 26.2 Å². The zero-order valence-corrected chi connectivity index (χ0v) is 14.3. The molecule has 0 spiro atoms. The van der Waals surface area contributed by atoms with Crippen molar-refractivity contribution < 1.29 is 9.21 Å². The molecule has 1 amide bonds. The molecule has 0 atom stereocenters. The van der Waals surface area contributed by atoms with Crippen LogP contribution in [0.4, 0.5) is 0 Å². The molecule has 0 radical (unpaired) electrons. The average Bonchev–Trinajstić information content (AvgIpc) is 2.86. The fourth-order valence-corrected chi connectivity index (χ4v) is 3.62. The fourth-order valence-electron chi connectivity index (χ4n) is 3.62. The van der Waals surface area contributed by atoms with Crippen molar-refractivity contribution in [3.05, 3.63) is 17.3 Å². The molecular weight excluding hydrogens is 292 g/mol. The summed E-state index contributed by atoms with van der Waals surface area (Å²) in [6.07, 6.45) is 5.02. The van der Waals surface area contributed by atoms with Crippen LogP contribution in [0, 0.1) is 13.8 Å². The summed E-state index contributed by atoms with van der Waals surface area (Å²) in [5.41, 5.74) is 6.72. The molecule has 6 nitrogen and oxygen atoms in total. The highest BCUT2D eigenvalue weighted by molar-refractivity contribution is 5.86. The van der Waals surface area contributed by atoms with E-state index in [9.17, 15) is 4.79 Å². The fraction of sp³-hybridized carbons (Fsp3) is 0.765. The first-order valence-electron chi connectivity index (χ1n) is 8.71. The number of oxazole rings is 1. The molecule has 3 rings (SSSR count). The molecule has 1 aromatic rings. The number of aryl methyl sites for hydroxylation is 2. The number of nitrogens with zero attached hydrogens (tertiary/aromatic N) is 3. The van der Waals surface area contributed by atoms with Gasteiger partial charge < -0.3 is 15.1 Å². The Morgan fingerprint density at radius 2 is 1.83 bits per heavy atom. The van der Waals surface area contributed by atoms with E-state index in [1.54, 1.807) is 0 Å². The summed E-state index contributed by atoms with van der Waals surface area (Å²) in [5.74, 6) is 1.80. The first-order chi connectivity index (χ1) is 11.0. The van der Waals surface area contributed by atoms with Crippen LogP contribution in [0.1, 0.15) is 49.4 Å². The monoisotopic (exact) mass is 320 g/mol.